The minimum Gasteiger partial charge on any atom is -0.467 e. The van der Waals surface area contributed by atoms with Crippen LogP contribution in [0.5, 0.6) is 5.88 Å². The number of ether oxygens (including phenoxy) is 3. The van der Waals surface area contributed by atoms with Crippen molar-refractivity contribution in [3.63, 3.8) is 0 Å². The average molecular weight is 740 g/mol. The van der Waals surface area contributed by atoms with Crippen LogP contribution in [-0.4, -0.2) is 143 Å². The van der Waals surface area contributed by atoms with Gasteiger partial charge in [-0.25, -0.2) is 9.48 Å². The molecule has 2 saturated heterocycles. The van der Waals surface area contributed by atoms with Crippen LogP contribution in [0.1, 0.15) is 68.8 Å². The third-order valence-electron chi connectivity index (χ3n) is 9.87. The van der Waals surface area contributed by atoms with Gasteiger partial charge in [0.05, 0.1) is 18.4 Å². The lowest BCUT2D eigenvalue weighted by Gasteiger charge is -2.35. The Morgan fingerprint density at radius 3 is 2.32 bits per heavy atom. The molecule has 0 bridgehead atoms. The first-order chi connectivity index (χ1) is 25.5. The Balaban J connectivity index is 1.28. The molecule has 3 atom stereocenters. The standard InChI is InChI=1S/C36H49N7O10/c1-24(51-2)15-21-52-32(45)14-13-27(35(48)40-17-19-41(20-18-40)36(49)50)38-33(46)28-22-31(43(39-28)26-10-4-3-5-11-26)53-23-30(44)42-16-7-12-29(42)34(47)37-25-8-6-9-25/h3-5,10-11,22,24-25,27,29H,6-9,12-21,23H2,1-2H3,(H,37,47)(H,38,46)(H,49,50)/t24?,27-,29-/m0/s1. The topological polar surface area (TPSA) is 202 Å². The third kappa shape index (κ3) is 10.5. The fourth-order valence-electron chi connectivity index (χ4n) is 6.36. The van der Waals surface area contributed by atoms with Crippen LogP contribution >= 0.6 is 0 Å². The molecule has 0 spiro atoms. The number of rotatable bonds is 16. The quantitative estimate of drug-likeness (QED) is 0.211. The van der Waals surface area contributed by atoms with Gasteiger partial charge in [-0.3, -0.25) is 24.0 Å². The van der Waals surface area contributed by atoms with E-state index in [0.717, 1.165) is 19.3 Å². The number of carbonyl (C=O) groups is 6. The highest BCUT2D eigenvalue weighted by molar-refractivity contribution is 5.96. The fourth-order valence-corrected chi connectivity index (χ4v) is 6.36. The van der Waals surface area contributed by atoms with Crippen LogP contribution in [0.25, 0.3) is 5.69 Å². The largest absolute Gasteiger partial charge is 0.467 e. The Labute approximate surface area is 307 Å². The van der Waals surface area contributed by atoms with Gasteiger partial charge in [-0.1, -0.05) is 18.2 Å². The lowest BCUT2D eigenvalue weighted by Crippen LogP contribution is -2.55. The number of likely N-dealkylation sites (tertiary alicyclic amines) is 1. The molecule has 3 heterocycles. The summed E-state index contributed by atoms with van der Waals surface area (Å²) in [4.78, 5) is 81.9. The van der Waals surface area contributed by atoms with Gasteiger partial charge in [0, 0.05) is 64.8 Å². The maximum absolute atomic E-state index is 13.7. The van der Waals surface area contributed by atoms with E-state index in [2.05, 4.69) is 15.7 Å². The fraction of sp³-hybridized carbons (Fsp3) is 0.583. The first-order valence-corrected chi connectivity index (χ1v) is 18.2. The van der Waals surface area contributed by atoms with E-state index >= 15 is 0 Å². The number of carboxylic acid groups (broad SMARTS) is 1. The van der Waals surface area contributed by atoms with Gasteiger partial charge in [0.1, 0.15) is 12.1 Å². The van der Waals surface area contributed by atoms with Crippen LogP contribution in [0.3, 0.4) is 0 Å². The van der Waals surface area contributed by atoms with E-state index < -0.39 is 42.6 Å². The molecule has 3 aliphatic rings. The van der Waals surface area contributed by atoms with Crippen molar-refractivity contribution in [3.8, 4) is 11.6 Å². The van der Waals surface area contributed by atoms with Crippen LogP contribution in [0.4, 0.5) is 4.79 Å². The second-order valence-corrected chi connectivity index (χ2v) is 13.5. The molecule has 1 saturated carbocycles. The zero-order valence-corrected chi connectivity index (χ0v) is 30.2. The van der Waals surface area contributed by atoms with Gasteiger partial charge in [0.2, 0.25) is 17.7 Å². The summed E-state index contributed by atoms with van der Waals surface area (Å²) < 4.78 is 17.8. The second-order valence-electron chi connectivity index (χ2n) is 13.5. The minimum absolute atomic E-state index is 0.0784. The molecule has 1 aromatic carbocycles. The number of hydrogen-bond donors (Lipinski definition) is 3. The van der Waals surface area contributed by atoms with E-state index in [1.165, 1.54) is 25.4 Å². The van der Waals surface area contributed by atoms with E-state index in [4.69, 9.17) is 14.2 Å². The maximum atomic E-state index is 13.7. The molecule has 17 nitrogen and oxygen atoms in total. The number of hydrogen-bond acceptors (Lipinski definition) is 10. The van der Waals surface area contributed by atoms with Crippen molar-refractivity contribution >= 4 is 35.7 Å². The number of methoxy groups -OCH3 is 1. The van der Waals surface area contributed by atoms with Gasteiger partial charge >= 0.3 is 12.1 Å². The number of piperazine rings is 1. The highest BCUT2D eigenvalue weighted by Gasteiger charge is 2.36. The van der Waals surface area contributed by atoms with Gasteiger partial charge in [0.25, 0.3) is 11.8 Å². The van der Waals surface area contributed by atoms with E-state index in [0.29, 0.717) is 31.5 Å². The van der Waals surface area contributed by atoms with Gasteiger partial charge in [-0.15, -0.1) is 0 Å². The van der Waals surface area contributed by atoms with Crippen LogP contribution < -0.4 is 15.4 Å². The van der Waals surface area contributed by atoms with Gasteiger partial charge < -0.3 is 44.7 Å². The zero-order valence-electron chi connectivity index (χ0n) is 30.2. The van der Waals surface area contributed by atoms with Gasteiger partial charge in [-0.2, -0.15) is 5.10 Å². The average Bonchev–Trinajstić information content (AvgIpc) is 3.82. The lowest BCUT2D eigenvalue weighted by atomic mass is 9.93. The van der Waals surface area contributed by atoms with E-state index in [9.17, 15) is 33.9 Å². The van der Waals surface area contributed by atoms with Crippen molar-refractivity contribution in [2.75, 3.05) is 53.0 Å². The normalized spacial score (nSPS) is 18.5. The molecule has 2 aromatic rings. The summed E-state index contributed by atoms with van der Waals surface area (Å²) in [5.74, 6) is -2.20. The Bertz CT molecular complexity index is 1610. The molecular weight excluding hydrogens is 690 g/mol. The van der Waals surface area contributed by atoms with E-state index in [1.807, 2.05) is 13.0 Å². The van der Waals surface area contributed by atoms with Crippen molar-refractivity contribution in [1.82, 2.24) is 35.1 Å². The number of nitrogens with zero attached hydrogens (tertiary/aromatic N) is 5. The second kappa shape index (κ2) is 18.5. The molecule has 0 radical (unpaired) electrons. The smallest absolute Gasteiger partial charge is 0.407 e. The number of para-hydroxylation sites is 1. The third-order valence-corrected chi connectivity index (χ3v) is 9.87. The lowest BCUT2D eigenvalue weighted by molar-refractivity contribution is -0.145. The molecule has 1 aromatic heterocycles. The van der Waals surface area contributed by atoms with Crippen LogP contribution in [0, 0.1) is 0 Å². The van der Waals surface area contributed by atoms with E-state index in [-0.39, 0.29) is 81.2 Å². The molecule has 3 N–H and O–H groups in total. The zero-order chi connectivity index (χ0) is 37.9. The molecule has 2 aliphatic heterocycles. The summed E-state index contributed by atoms with van der Waals surface area (Å²) >= 11 is 0. The number of esters is 1. The molecular formula is C36H49N7O10. The number of carbonyl (C=O) groups excluding carboxylic acids is 5. The highest BCUT2D eigenvalue weighted by Crippen LogP contribution is 2.24. The monoisotopic (exact) mass is 739 g/mol. The van der Waals surface area contributed by atoms with Crippen molar-refractivity contribution in [2.45, 2.75) is 82.5 Å². The van der Waals surface area contributed by atoms with E-state index in [1.54, 1.807) is 31.4 Å². The molecule has 3 fully saturated rings. The first kappa shape index (κ1) is 39.0. The summed E-state index contributed by atoms with van der Waals surface area (Å²) in [5.41, 5.74) is 0.433. The Morgan fingerprint density at radius 1 is 0.943 bits per heavy atom. The predicted octanol–water partition coefficient (Wildman–Crippen LogP) is 1.58. The van der Waals surface area contributed by atoms with Crippen LogP contribution in [-0.2, 0) is 28.7 Å². The number of amides is 5. The Kier molecular flexibility index (Phi) is 13.6. The summed E-state index contributed by atoms with van der Waals surface area (Å²) in [5, 5.41) is 19.5. The molecule has 1 aliphatic carbocycles. The first-order valence-electron chi connectivity index (χ1n) is 18.2. The summed E-state index contributed by atoms with van der Waals surface area (Å²) in [6.07, 6.45) is 3.27. The van der Waals surface area contributed by atoms with Crippen LogP contribution in [0.2, 0.25) is 0 Å². The molecule has 1 unspecified atom stereocenters. The summed E-state index contributed by atoms with van der Waals surface area (Å²) in [6.45, 7) is 2.44. The number of benzene rings is 1. The summed E-state index contributed by atoms with van der Waals surface area (Å²) in [6, 6.07) is 8.63. The highest BCUT2D eigenvalue weighted by atomic mass is 16.5. The van der Waals surface area contributed by atoms with Crippen LogP contribution in [0.15, 0.2) is 36.4 Å². The van der Waals surface area contributed by atoms with Crippen molar-refractivity contribution in [1.29, 1.82) is 0 Å². The summed E-state index contributed by atoms with van der Waals surface area (Å²) in [7, 11) is 1.56. The molecule has 5 amide bonds. The van der Waals surface area contributed by atoms with Gasteiger partial charge in [-0.05, 0) is 57.6 Å². The predicted molar refractivity (Wildman–Crippen MR) is 188 cm³/mol. The maximum Gasteiger partial charge on any atom is 0.407 e. The number of nitrogens with one attached hydrogen (secondary N) is 2. The Morgan fingerprint density at radius 2 is 1.66 bits per heavy atom. The number of aromatic nitrogens is 2. The molecule has 288 valence electrons. The van der Waals surface area contributed by atoms with Crippen molar-refractivity contribution in [3.05, 3.63) is 42.1 Å². The molecule has 5 rings (SSSR count). The minimum atomic E-state index is -1.16. The molecule has 17 heteroatoms. The SMILES string of the molecule is COC(C)CCOC(=O)CC[C@H](NC(=O)c1cc(OCC(=O)N2CCC[C@H]2C(=O)NC2CCC2)n(-c2ccccc2)n1)C(=O)N1CCN(C(=O)O)CC1. The van der Waals surface area contributed by atoms with Crippen molar-refractivity contribution < 1.29 is 48.1 Å². The molecule has 53 heavy (non-hydrogen) atoms. The Hall–Kier alpha value is -5.19. The van der Waals surface area contributed by atoms with Crippen molar-refractivity contribution in [2.24, 2.45) is 0 Å². The van der Waals surface area contributed by atoms with Gasteiger partial charge in [0.15, 0.2) is 12.3 Å².